The highest BCUT2D eigenvalue weighted by atomic mass is 16.5. The fraction of sp³-hybridized carbons (Fsp3) is 0.483. The summed E-state index contributed by atoms with van der Waals surface area (Å²) in [4.78, 5) is 2.27. The smallest absolute Gasteiger partial charge is 0.222 e. The maximum atomic E-state index is 10.8. The van der Waals surface area contributed by atoms with Crippen molar-refractivity contribution in [1.29, 1.82) is 0 Å². The Morgan fingerprint density at radius 2 is 1.67 bits per heavy atom. The first kappa shape index (κ1) is 27.7. The number of nitrogens with zero attached hydrogens (tertiary/aromatic N) is 3. The molecule has 36 heavy (non-hydrogen) atoms. The maximum absolute atomic E-state index is 10.8. The Kier molecular flexibility index (Phi) is 9.54. The molecule has 7 nitrogen and oxygen atoms in total. The van der Waals surface area contributed by atoms with Crippen LogP contribution in [0.3, 0.4) is 0 Å². The minimum atomic E-state index is -0.617. The Morgan fingerprint density at radius 3 is 2.28 bits per heavy atom. The number of hydrogen-bond acceptors (Lipinski definition) is 6. The topological polar surface area (TPSA) is 69.0 Å². The quantitative estimate of drug-likeness (QED) is 0.349. The van der Waals surface area contributed by atoms with Crippen molar-refractivity contribution < 1.29 is 19.3 Å². The van der Waals surface area contributed by atoms with E-state index in [0.717, 1.165) is 23.2 Å². The molecule has 0 aliphatic rings. The van der Waals surface area contributed by atoms with Gasteiger partial charge >= 0.3 is 0 Å². The van der Waals surface area contributed by atoms with Crippen molar-refractivity contribution in [1.82, 2.24) is 14.7 Å². The number of aliphatic hydroxyl groups is 1. The van der Waals surface area contributed by atoms with Crippen molar-refractivity contribution >= 4 is 0 Å². The first-order valence-corrected chi connectivity index (χ1v) is 12.6. The molecular weight excluding hydrogens is 454 g/mol. The molecule has 0 unspecified atom stereocenters. The molecule has 3 rings (SSSR count). The molecule has 0 saturated heterocycles. The highest BCUT2D eigenvalue weighted by Crippen LogP contribution is 2.37. The number of ether oxygens (including phenoxy) is 3. The number of aliphatic hydroxyl groups excluding tert-OH is 1. The van der Waals surface area contributed by atoms with E-state index in [9.17, 15) is 5.11 Å². The minimum Gasteiger partial charge on any atom is -0.493 e. The number of aryl methyl sites for hydroxylation is 1. The molecule has 0 saturated carbocycles. The molecule has 1 N–H and O–H groups in total. The molecule has 196 valence electrons. The number of aromatic nitrogens is 2. The monoisotopic (exact) mass is 495 g/mol. The maximum Gasteiger partial charge on any atom is 0.222 e. The van der Waals surface area contributed by atoms with Crippen molar-refractivity contribution in [3.63, 3.8) is 0 Å². The lowest BCUT2D eigenvalue weighted by atomic mass is 10.1. The Morgan fingerprint density at radius 1 is 1.03 bits per heavy atom. The van der Waals surface area contributed by atoms with Crippen molar-refractivity contribution in [3.8, 4) is 28.6 Å². The SMILES string of the molecule is CC[C@H](C)N(Cc1c(-c2ccccc2)nn(C)c1Oc1ccccc1OC)C[C@H](O)COC(C)(C)C. The van der Waals surface area contributed by atoms with Gasteiger partial charge in [-0.25, -0.2) is 4.68 Å². The fourth-order valence-corrected chi connectivity index (χ4v) is 3.99. The number of para-hydroxylation sites is 2. The van der Waals surface area contributed by atoms with Gasteiger partial charge in [0.05, 0.1) is 31.0 Å². The van der Waals surface area contributed by atoms with Crippen LogP contribution in [0.1, 0.15) is 46.6 Å². The van der Waals surface area contributed by atoms with Crippen LogP contribution in [0.25, 0.3) is 11.3 Å². The number of methoxy groups -OCH3 is 1. The zero-order valence-electron chi connectivity index (χ0n) is 22.7. The van der Waals surface area contributed by atoms with Gasteiger partial charge in [-0.05, 0) is 46.2 Å². The predicted molar refractivity (Wildman–Crippen MR) is 144 cm³/mol. The van der Waals surface area contributed by atoms with Crippen molar-refractivity contribution in [3.05, 3.63) is 60.2 Å². The highest BCUT2D eigenvalue weighted by Gasteiger charge is 2.26. The zero-order valence-corrected chi connectivity index (χ0v) is 22.7. The molecule has 1 heterocycles. The molecule has 1 aromatic heterocycles. The second-order valence-corrected chi connectivity index (χ2v) is 10.1. The van der Waals surface area contributed by atoms with Crippen LogP contribution >= 0.6 is 0 Å². The lowest BCUT2D eigenvalue weighted by Gasteiger charge is -2.31. The summed E-state index contributed by atoms with van der Waals surface area (Å²) in [6.07, 6.45) is 0.324. The molecule has 0 bridgehead atoms. The lowest BCUT2D eigenvalue weighted by Crippen LogP contribution is -2.41. The van der Waals surface area contributed by atoms with Crippen molar-refractivity contribution in [2.24, 2.45) is 7.05 Å². The third kappa shape index (κ3) is 7.32. The van der Waals surface area contributed by atoms with Crippen molar-refractivity contribution in [2.45, 2.75) is 65.3 Å². The third-order valence-corrected chi connectivity index (χ3v) is 6.14. The zero-order chi connectivity index (χ0) is 26.3. The second-order valence-electron chi connectivity index (χ2n) is 10.1. The van der Waals surface area contributed by atoms with E-state index in [1.807, 2.05) is 70.3 Å². The number of hydrogen-bond donors (Lipinski definition) is 1. The summed E-state index contributed by atoms with van der Waals surface area (Å²) in [5, 5.41) is 15.7. The van der Waals surface area contributed by atoms with E-state index in [0.29, 0.717) is 30.5 Å². The predicted octanol–water partition coefficient (Wildman–Crippen LogP) is 5.66. The van der Waals surface area contributed by atoms with E-state index in [-0.39, 0.29) is 18.2 Å². The largest absolute Gasteiger partial charge is 0.493 e. The summed E-state index contributed by atoms with van der Waals surface area (Å²) in [6, 6.07) is 17.9. The van der Waals surface area contributed by atoms with Gasteiger partial charge in [-0.3, -0.25) is 4.90 Å². The Bertz CT molecular complexity index is 1090. The summed E-state index contributed by atoms with van der Waals surface area (Å²) < 4.78 is 19.6. The van der Waals surface area contributed by atoms with Gasteiger partial charge in [-0.1, -0.05) is 49.4 Å². The van der Waals surface area contributed by atoms with Crippen LogP contribution in [0.15, 0.2) is 54.6 Å². The van der Waals surface area contributed by atoms with Crippen LogP contribution < -0.4 is 9.47 Å². The Hall–Kier alpha value is -2.87. The van der Waals surface area contributed by atoms with Gasteiger partial charge in [0, 0.05) is 31.7 Å². The van der Waals surface area contributed by atoms with Gasteiger partial charge in [0.1, 0.15) is 5.69 Å². The number of benzene rings is 2. The van der Waals surface area contributed by atoms with Gasteiger partial charge in [0.25, 0.3) is 0 Å². The van der Waals surface area contributed by atoms with Crippen LogP contribution in [0.5, 0.6) is 17.4 Å². The molecule has 7 heteroatoms. The van der Waals surface area contributed by atoms with Gasteiger partial charge in [0.15, 0.2) is 11.5 Å². The average molecular weight is 496 g/mol. The van der Waals surface area contributed by atoms with E-state index in [2.05, 4.69) is 30.9 Å². The molecule has 0 aliphatic heterocycles. The van der Waals surface area contributed by atoms with Crippen LogP contribution in [-0.4, -0.2) is 57.8 Å². The fourth-order valence-electron chi connectivity index (χ4n) is 3.99. The molecular formula is C29H41N3O4. The third-order valence-electron chi connectivity index (χ3n) is 6.14. The average Bonchev–Trinajstić information content (AvgIpc) is 3.17. The van der Waals surface area contributed by atoms with Gasteiger partial charge in [-0.15, -0.1) is 0 Å². The molecule has 2 aromatic carbocycles. The standard InChI is InChI=1S/C29H41N3O4/c1-8-21(2)32(18-23(33)20-35-29(3,4)5)19-24-27(22-14-10-9-11-15-22)30-31(6)28(24)36-26-17-13-12-16-25(26)34-7/h9-17,21,23,33H,8,18-20H2,1-7H3/t21-,23-/m0/s1. The summed E-state index contributed by atoms with van der Waals surface area (Å²) in [5.74, 6) is 1.92. The molecule has 0 spiro atoms. The first-order valence-electron chi connectivity index (χ1n) is 12.6. The summed E-state index contributed by atoms with van der Waals surface area (Å²) in [7, 11) is 3.52. The van der Waals surface area contributed by atoms with Gasteiger partial charge in [-0.2, -0.15) is 5.10 Å². The lowest BCUT2D eigenvalue weighted by molar-refractivity contribution is -0.0593. The first-order chi connectivity index (χ1) is 17.1. The summed E-state index contributed by atoms with van der Waals surface area (Å²) >= 11 is 0. The summed E-state index contributed by atoms with van der Waals surface area (Å²) in [6.45, 7) is 11.6. The molecule has 2 atom stereocenters. The molecule has 0 aliphatic carbocycles. The molecule has 3 aromatic rings. The van der Waals surface area contributed by atoms with Crippen LogP contribution in [-0.2, 0) is 18.3 Å². The normalized spacial score (nSPS) is 13.6. The summed E-state index contributed by atoms with van der Waals surface area (Å²) in [5.41, 5.74) is 2.52. The number of rotatable bonds is 12. The van der Waals surface area contributed by atoms with Gasteiger partial charge in [0.2, 0.25) is 5.88 Å². The molecule has 0 amide bonds. The van der Waals surface area contributed by atoms with Crippen molar-refractivity contribution in [2.75, 3.05) is 20.3 Å². The van der Waals surface area contributed by atoms with Gasteiger partial charge < -0.3 is 19.3 Å². The Labute approximate surface area is 215 Å². The second kappa shape index (κ2) is 12.4. The van der Waals surface area contributed by atoms with Crippen LogP contribution in [0.4, 0.5) is 0 Å². The molecule has 0 radical (unpaired) electrons. The highest BCUT2D eigenvalue weighted by molar-refractivity contribution is 5.66. The van der Waals surface area contributed by atoms with E-state index in [1.165, 1.54) is 0 Å². The van der Waals surface area contributed by atoms with E-state index >= 15 is 0 Å². The van der Waals surface area contributed by atoms with E-state index in [1.54, 1.807) is 11.8 Å². The van der Waals surface area contributed by atoms with E-state index in [4.69, 9.17) is 19.3 Å². The molecule has 0 fully saturated rings. The van der Waals surface area contributed by atoms with Crippen LogP contribution in [0, 0.1) is 0 Å². The minimum absolute atomic E-state index is 0.234. The van der Waals surface area contributed by atoms with Crippen LogP contribution in [0.2, 0.25) is 0 Å². The van der Waals surface area contributed by atoms with E-state index < -0.39 is 6.10 Å². The Balaban J connectivity index is 1.99.